The van der Waals surface area contributed by atoms with E-state index in [0.29, 0.717) is 0 Å². The first-order valence-corrected chi connectivity index (χ1v) is 45.1. The molecule has 0 heterocycles. The first kappa shape index (κ1) is 81.1. The second kappa shape index (κ2) is 36.2. The molecular formula is C127H95BrN2. The lowest BCUT2D eigenvalue weighted by atomic mass is 9.67. The minimum Gasteiger partial charge on any atom is -0.356 e. The van der Waals surface area contributed by atoms with Gasteiger partial charge in [-0.25, -0.2) is 0 Å². The van der Waals surface area contributed by atoms with Gasteiger partial charge in [-0.05, 0) is 264 Å². The summed E-state index contributed by atoms with van der Waals surface area (Å²) >= 11 is 3.71. The van der Waals surface area contributed by atoms with Crippen molar-refractivity contribution in [3.63, 3.8) is 0 Å². The molecule has 2 nitrogen and oxygen atoms in total. The summed E-state index contributed by atoms with van der Waals surface area (Å²) in [6, 6.07) is 172. The molecule has 0 spiro atoms. The molecule has 20 aromatic rings. The summed E-state index contributed by atoms with van der Waals surface area (Å²) in [5.41, 5.74) is 40.2. The summed E-state index contributed by atoms with van der Waals surface area (Å²) in [5, 5.41) is 8.85. The summed E-state index contributed by atoms with van der Waals surface area (Å²) in [6.07, 6.45) is 8.96. The van der Waals surface area contributed by atoms with Gasteiger partial charge in [0.25, 0.3) is 0 Å². The highest BCUT2D eigenvalue weighted by molar-refractivity contribution is 9.10. The fourth-order valence-electron chi connectivity index (χ4n) is 20.1. The van der Waals surface area contributed by atoms with Gasteiger partial charge in [0.05, 0.1) is 10.8 Å². The van der Waals surface area contributed by atoms with Crippen LogP contribution in [0.5, 0.6) is 0 Å². The number of anilines is 5. The van der Waals surface area contributed by atoms with Crippen molar-refractivity contribution in [1.29, 1.82) is 0 Å². The Hall–Kier alpha value is -16.0. The predicted octanol–water partition coefficient (Wildman–Crippen LogP) is 34.9. The molecule has 3 heteroatoms. The van der Waals surface area contributed by atoms with Crippen LogP contribution in [-0.4, -0.2) is 0 Å². The number of halogens is 1. The molecule has 0 saturated carbocycles. The van der Waals surface area contributed by atoms with Crippen molar-refractivity contribution in [2.45, 2.75) is 32.1 Å². The Morgan fingerprint density at radius 1 is 0.231 bits per heavy atom. The van der Waals surface area contributed by atoms with Crippen LogP contribution in [0.15, 0.2) is 478 Å². The van der Waals surface area contributed by atoms with Gasteiger partial charge in [-0.15, -0.1) is 11.8 Å². The highest BCUT2D eigenvalue weighted by atomic mass is 79.9. The normalized spacial score (nSPS) is 12.4. The molecule has 0 unspecified atom stereocenters. The standard InChI is InChI=1S/C61H41N.C36H25N.C25H17Br.C4H6.CH4.H2/c1-5-15-42(16-6-1)43-27-33-50(34-28-43)62(51-35-29-45(30-36-51)54-39-32-47-26-25-46-31-38-53(60(54)59(46)47)44-17-7-2-8-18-44)52-37-40-56-55-23-13-14-24-57(55)61(58(56)41-52,48-19-9-3-10-20-48)49-21-11-4-12-22-49;1-3-7-25(8-4-1)26-13-19-31(20-14-26)37-32-21-15-28(16-22-32)34-24-18-30-12-11-29-17-23-33(36(34)35(29)30)27-9-5-2-6-10-27;26-20-15-16-22-21-13-7-8-14-23(21)25(24(22)17-20,18-9-3-1-4-10-18)19-11-5-2-6-12-19;1-3-4-2;;/h1-41H;1-24,37H;1-17H;1-2H3;1H4;1H/i;;;;;1+1D. The smallest absolute Gasteiger partial charge is 0.0714 e. The highest BCUT2D eigenvalue weighted by Gasteiger charge is 2.48. The van der Waals surface area contributed by atoms with Crippen molar-refractivity contribution in [3.8, 4) is 101 Å². The molecule has 0 radical (unpaired) electrons. The van der Waals surface area contributed by atoms with Crippen molar-refractivity contribution in [2.75, 3.05) is 10.2 Å². The zero-order chi connectivity index (χ0) is 88.6. The summed E-state index contributed by atoms with van der Waals surface area (Å²) in [4.78, 5) is 2.43. The summed E-state index contributed by atoms with van der Waals surface area (Å²) in [6.45, 7) is 3.64. The number of hydrogen-bond donors (Lipinski definition) is 1. The Morgan fingerprint density at radius 3 is 0.838 bits per heavy atom. The molecule has 24 rings (SSSR count). The zero-order valence-corrected chi connectivity index (χ0v) is 73.3. The fraction of sp³-hybridized carbons (Fsp3) is 0.0394. The van der Waals surface area contributed by atoms with E-state index in [4.69, 9.17) is 2.97 Å². The molecule has 20 aromatic carbocycles. The number of nitrogens with one attached hydrogen (secondary N) is 1. The maximum atomic E-state index is 5.00. The molecule has 4 aliphatic rings. The molecule has 0 fully saturated rings. The molecule has 130 heavy (non-hydrogen) atoms. The van der Waals surface area contributed by atoms with E-state index in [1.807, 2.05) is 19.9 Å². The highest BCUT2D eigenvalue weighted by Crippen LogP contribution is 2.60. The van der Waals surface area contributed by atoms with Crippen molar-refractivity contribution >= 4 is 90.2 Å². The summed E-state index contributed by atoms with van der Waals surface area (Å²) in [7, 11) is 0. The zero-order valence-electron chi connectivity index (χ0n) is 73.7. The van der Waals surface area contributed by atoms with E-state index < -0.39 is 5.41 Å². The first-order chi connectivity index (χ1) is 64.8. The van der Waals surface area contributed by atoms with E-state index in [9.17, 15) is 0 Å². The Bertz CT molecular complexity index is 7540. The van der Waals surface area contributed by atoms with Crippen LogP contribution >= 0.6 is 15.9 Å². The van der Waals surface area contributed by atoms with Crippen LogP contribution in [0.1, 0.15) is 91.0 Å². The Kier molecular flexibility index (Phi) is 22.6. The SMILES string of the molecule is Brc1ccc2c(c1)C(c1ccccc1)(c1ccccc1)c1ccccc1-2.C.C1=Cc2ccc(-c3ccc(N(c4ccc(-c5ccccc5)cc4)c4ccc5c(c4)C(c4ccccc4)(c4ccccc4)c4ccccc4-5)cc3)c3c(-c4ccccc4)ccc1c23.C1=Cc2ccc(-c3ccc(Nc4ccc(-c5ccccc5)cc4)cc3)c3c(-c4ccccc4)ccc1c23.CC#CC.[2H][2H]. The summed E-state index contributed by atoms with van der Waals surface area (Å²) < 4.78 is 11.1. The molecule has 0 aromatic heterocycles. The quantitative estimate of drug-likeness (QED) is 0.103. The van der Waals surface area contributed by atoms with Gasteiger partial charge in [-0.2, -0.15) is 0 Å². The van der Waals surface area contributed by atoms with Crippen LogP contribution in [0.3, 0.4) is 0 Å². The second-order valence-corrected chi connectivity index (χ2v) is 34.0. The molecule has 0 saturated heterocycles. The maximum absolute atomic E-state index is 5.00. The third-order valence-corrected chi connectivity index (χ3v) is 26.5. The molecule has 0 aliphatic heterocycles. The predicted molar refractivity (Wildman–Crippen MR) is 559 cm³/mol. The van der Waals surface area contributed by atoms with Crippen molar-refractivity contribution in [2.24, 2.45) is 0 Å². The molecule has 1 N–H and O–H groups in total. The lowest BCUT2D eigenvalue weighted by Crippen LogP contribution is -2.28. The Morgan fingerprint density at radius 2 is 0.485 bits per heavy atom. The van der Waals surface area contributed by atoms with Gasteiger partial charge < -0.3 is 10.2 Å². The number of fused-ring (bicyclic) bond motifs is 6. The van der Waals surface area contributed by atoms with Gasteiger partial charge in [0, 0.05) is 35.9 Å². The minimum absolute atomic E-state index is 0. The second-order valence-electron chi connectivity index (χ2n) is 33.1. The molecular weight excluding hydrogens is 1630 g/mol. The molecule has 0 bridgehead atoms. The minimum atomic E-state index is -0.502. The van der Waals surface area contributed by atoms with E-state index in [1.54, 1.807) is 0 Å². The van der Waals surface area contributed by atoms with Crippen LogP contribution in [0.4, 0.5) is 28.4 Å². The first-order valence-electron chi connectivity index (χ1n) is 45.3. The van der Waals surface area contributed by atoms with Gasteiger partial charge in [-0.1, -0.05) is 448 Å². The van der Waals surface area contributed by atoms with Gasteiger partial charge >= 0.3 is 0 Å². The van der Waals surface area contributed by atoms with Gasteiger partial charge in [-0.3, -0.25) is 0 Å². The van der Waals surface area contributed by atoms with Crippen LogP contribution in [-0.2, 0) is 10.8 Å². The average Bonchev–Trinajstić information content (AvgIpc) is 1.55. The van der Waals surface area contributed by atoms with Crippen LogP contribution in [0.2, 0.25) is 0 Å². The van der Waals surface area contributed by atoms with Crippen molar-refractivity contribution < 1.29 is 2.97 Å². The lowest BCUT2D eigenvalue weighted by Gasteiger charge is -2.35. The van der Waals surface area contributed by atoms with Gasteiger partial charge in [0.15, 0.2) is 0 Å². The lowest BCUT2D eigenvalue weighted by molar-refractivity contribution is 0.768. The van der Waals surface area contributed by atoms with E-state index in [2.05, 4.69) is 529 Å². The van der Waals surface area contributed by atoms with Crippen LogP contribution in [0.25, 0.3) is 135 Å². The largest absolute Gasteiger partial charge is 0.356 e. The number of benzene rings is 20. The number of nitrogens with zero attached hydrogens (tertiary/aromatic N) is 1. The third-order valence-electron chi connectivity index (χ3n) is 26.0. The van der Waals surface area contributed by atoms with E-state index in [0.717, 1.165) is 32.9 Å². The molecule has 0 amide bonds. The van der Waals surface area contributed by atoms with E-state index in [1.165, 1.54) is 177 Å². The Labute approximate surface area is 775 Å². The van der Waals surface area contributed by atoms with E-state index >= 15 is 0 Å². The number of hydrogen-bond acceptors (Lipinski definition) is 2. The third kappa shape index (κ3) is 15.0. The van der Waals surface area contributed by atoms with Gasteiger partial charge in [0.1, 0.15) is 0 Å². The monoisotopic (exact) mass is 1730 g/mol. The Balaban J connectivity index is 0.000000136. The molecule has 620 valence electrons. The average molecular weight is 1730 g/mol. The van der Waals surface area contributed by atoms with Crippen LogP contribution in [0, 0.1) is 11.8 Å². The van der Waals surface area contributed by atoms with E-state index in [-0.39, 0.29) is 12.8 Å². The summed E-state index contributed by atoms with van der Waals surface area (Å²) in [5.74, 6) is 5.36. The molecule has 0 atom stereocenters. The fourth-order valence-corrected chi connectivity index (χ4v) is 20.5. The van der Waals surface area contributed by atoms with Crippen molar-refractivity contribution in [1.82, 2.24) is 0 Å². The molecule has 4 aliphatic carbocycles. The van der Waals surface area contributed by atoms with Gasteiger partial charge in [0.2, 0.25) is 0 Å². The van der Waals surface area contributed by atoms with Crippen LogP contribution < -0.4 is 10.2 Å². The van der Waals surface area contributed by atoms with Crippen molar-refractivity contribution in [3.05, 3.63) is 544 Å². The maximum Gasteiger partial charge on any atom is 0.0714 e. The number of rotatable bonds is 15. The topological polar surface area (TPSA) is 15.3 Å².